The van der Waals surface area contributed by atoms with Crippen LogP contribution in [0.5, 0.6) is 5.75 Å². The van der Waals surface area contributed by atoms with E-state index in [0.29, 0.717) is 29.2 Å². The third kappa shape index (κ3) is 3.52. The second kappa shape index (κ2) is 7.85. The predicted molar refractivity (Wildman–Crippen MR) is 101 cm³/mol. The number of ether oxygens (including phenoxy) is 1. The number of nitrogen functional groups attached to an aromatic ring is 3. The second-order valence-electron chi connectivity index (χ2n) is 4.87. The lowest BCUT2D eigenvalue weighted by molar-refractivity contribution is 0.417. The number of nitrogens with zero attached hydrogens (tertiary/aromatic N) is 3. The standard InChI is InChI=1S/C15H16N6O.2ClH/c1-22-11-6-8(5-9-7-20-15(18)21-14(9)17)10-3-2-4-19-13(10)12(11)16;;/h2-4,6-7H,5,16H2,1H3,(H4,17,18,20,21);2*1H. The molecule has 0 spiro atoms. The van der Waals surface area contributed by atoms with E-state index >= 15 is 0 Å². The van der Waals surface area contributed by atoms with Crippen molar-refractivity contribution in [3.05, 3.63) is 41.7 Å². The predicted octanol–water partition coefficient (Wildman–Crippen LogP) is 2.21. The maximum absolute atomic E-state index is 6.09. The van der Waals surface area contributed by atoms with Gasteiger partial charge in [0.2, 0.25) is 5.95 Å². The van der Waals surface area contributed by atoms with Gasteiger partial charge in [-0.05, 0) is 17.7 Å². The summed E-state index contributed by atoms with van der Waals surface area (Å²) in [5, 5.41) is 0.942. The topological polar surface area (TPSA) is 126 Å². The molecule has 0 bridgehead atoms. The molecule has 2 aromatic heterocycles. The lowest BCUT2D eigenvalue weighted by Crippen LogP contribution is -2.05. The minimum absolute atomic E-state index is 0. The summed E-state index contributed by atoms with van der Waals surface area (Å²) in [6.45, 7) is 0. The number of nitrogens with two attached hydrogens (primary N) is 3. The first kappa shape index (κ1) is 19.5. The van der Waals surface area contributed by atoms with Gasteiger partial charge in [-0.2, -0.15) is 4.98 Å². The van der Waals surface area contributed by atoms with Crippen LogP contribution in [0.25, 0.3) is 10.9 Å². The Morgan fingerprint density at radius 1 is 1.08 bits per heavy atom. The minimum atomic E-state index is 0. The monoisotopic (exact) mass is 368 g/mol. The largest absolute Gasteiger partial charge is 0.495 e. The summed E-state index contributed by atoms with van der Waals surface area (Å²) in [6, 6.07) is 5.71. The molecule has 3 aromatic rings. The van der Waals surface area contributed by atoms with E-state index < -0.39 is 0 Å². The molecule has 0 aliphatic carbocycles. The molecule has 0 fully saturated rings. The van der Waals surface area contributed by atoms with Gasteiger partial charge in [0.15, 0.2) is 0 Å². The number of hydrogen-bond donors (Lipinski definition) is 3. The first-order valence-corrected chi connectivity index (χ1v) is 6.67. The summed E-state index contributed by atoms with van der Waals surface area (Å²) >= 11 is 0. The van der Waals surface area contributed by atoms with Crippen molar-refractivity contribution in [3.63, 3.8) is 0 Å². The van der Waals surface area contributed by atoms with E-state index in [-0.39, 0.29) is 30.8 Å². The van der Waals surface area contributed by atoms with Gasteiger partial charge in [0.1, 0.15) is 17.3 Å². The van der Waals surface area contributed by atoms with Crippen LogP contribution in [0.3, 0.4) is 0 Å². The highest BCUT2D eigenvalue weighted by atomic mass is 35.5. The molecule has 0 unspecified atom stereocenters. The van der Waals surface area contributed by atoms with Gasteiger partial charge in [-0.1, -0.05) is 6.07 Å². The number of methoxy groups -OCH3 is 1. The zero-order chi connectivity index (χ0) is 15.7. The molecule has 128 valence electrons. The quantitative estimate of drug-likeness (QED) is 0.604. The molecule has 9 heteroatoms. The molecular formula is C15H18Cl2N6O. The molecule has 6 N–H and O–H groups in total. The van der Waals surface area contributed by atoms with E-state index in [4.69, 9.17) is 21.9 Å². The Balaban J connectivity index is 0.00000144. The summed E-state index contributed by atoms with van der Waals surface area (Å²) < 4.78 is 5.33. The molecule has 24 heavy (non-hydrogen) atoms. The van der Waals surface area contributed by atoms with Crippen molar-refractivity contribution in [1.82, 2.24) is 15.0 Å². The number of anilines is 3. The van der Waals surface area contributed by atoms with Gasteiger partial charge >= 0.3 is 0 Å². The van der Waals surface area contributed by atoms with Crippen LogP contribution < -0.4 is 21.9 Å². The van der Waals surface area contributed by atoms with E-state index in [2.05, 4.69) is 15.0 Å². The van der Waals surface area contributed by atoms with Crippen LogP contribution in [0, 0.1) is 0 Å². The first-order valence-electron chi connectivity index (χ1n) is 6.67. The molecule has 2 heterocycles. The Labute approximate surface area is 151 Å². The number of halogens is 2. The molecule has 0 saturated carbocycles. The van der Waals surface area contributed by atoms with Crippen molar-refractivity contribution in [1.29, 1.82) is 0 Å². The van der Waals surface area contributed by atoms with Crippen LogP contribution in [0.1, 0.15) is 11.1 Å². The van der Waals surface area contributed by atoms with Gasteiger partial charge < -0.3 is 21.9 Å². The van der Waals surface area contributed by atoms with Gasteiger partial charge in [-0.15, -0.1) is 24.8 Å². The summed E-state index contributed by atoms with van der Waals surface area (Å²) in [4.78, 5) is 12.3. The first-order chi connectivity index (χ1) is 10.6. The zero-order valence-electron chi connectivity index (χ0n) is 12.9. The van der Waals surface area contributed by atoms with Gasteiger partial charge in [-0.3, -0.25) is 4.98 Å². The molecule has 0 atom stereocenters. The molecule has 3 rings (SSSR count). The SMILES string of the molecule is COc1cc(Cc2cnc(N)nc2N)c2cccnc2c1N.Cl.Cl. The highest BCUT2D eigenvalue weighted by molar-refractivity contribution is 5.95. The van der Waals surface area contributed by atoms with Gasteiger partial charge in [0.25, 0.3) is 0 Å². The lowest BCUT2D eigenvalue weighted by Gasteiger charge is -2.13. The van der Waals surface area contributed by atoms with E-state index in [9.17, 15) is 0 Å². The van der Waals surface area contributed by atoms with E-state index in [1.807, 2.05) is 18.2 Å². The Hall–Kier alpha value is -2.51. The van der Waals surface area contributed by atoms with Crippen LogP contribution in [0.4, 0.5) is 17.5 Å². The van der Waals surface area contributed by atoms with Crippen LogP contribution >= 0.6 is 24.8 Å². The van der Waals surface area contributed by atoms with Crippen LogP contribution in [-0.2, 0) is 6.42 Å². The molecular weight excluding hydrogens is 351 g/mol. The number of pyridine rings is 1. The van der Waals surface area contributed by atoms with E-state index in [1.165, 1.54) is 0 Å². The van der Waals surface area contributed by atoms with Crippen LogP contribution in [0.15, 0.2) is 30.6 Å². The summed E-state index contributed by atoms with van der Waals surface area (Å²) in [5.41, 5.74) is 20.5. The second-order valence-corrected chi connectivity index (χ2v) is 4.87. The maximum Gasteiger partial charge on any atom is 0.221 e. The average molecular weight is 369 g/mol. The Morgan fingerprint density at radius 3 is 2.50 bits per heavy atom. The number of fused-ring (bicyclic) bond motifs is 1. The molecule has 0 aliphatic rings. The van der Waals surface area contributed by atoms with Crippen molar-refractivity contribution in [2.75, 3.05) is 24.3 Å². The van der Waals surface area contributed by atoms with Crippen molar-refractivity contribution in [2.45, 2.75) is 6.42 Å². The molecule has 1 aromatic carbocycles. The minimum Gasteiger partial charge on any atom is -0.495 e. The van der Waals surface area contributed by atoms with Crippen molar-refractivity contribution < 1.29 is 4.74 Å². The summed E-state index contributed by atoms with van der Waals surface area (Å²) in [5.74, 6) is 1.10. The average Bonchev–Trinajstić information content (AvgIpc) is 2.52. The normalized spacial score (nSPS) is 9.88. The molecule has 0 saturated heterocycles. The molecule has 0 aliphatic heterocycles. The molecule has 7 nitrogen and oxygen atoms in total. The highest BCUT2D eigenvalue weighted by Gasteiger charge is 2.13. The third-order valence-corrected chi connectivity index (χ3v) is 3.50. The number of rotatable bonds is 3. The molecule has 0 radical (unpaired) electrons. The van der Waals surface area contributed by atoms with Crippen molar-refractivity contribution in [3.8, 4) is 5.75 Å². The van der Waals surface area contributed by atoms with Crippen molar-refractivity contribution >= 4 is 53.2 Å². The number of aromatic nitrogens is 3. The summed E-state index contributed by atoms with van der Waals surface area (Å²) in [7, 11) is 1.57. The molecule has 0 amide bonds. The van der Waals surface area contributed by atoms with Crippen molar-refractivity contribution in [2.24, 2.45) is 0 Å². The fourth-order valence-corrected chi connectivity index (χ4v) is 2.40. The Bertz CT molecular complexity index is 859. The maximum atomic E-state index is 6.09. The van der Waals surface area contributed by atoms with Gasteiger partial charge in [0.05, 0.1) is 12.6 Å². The smallest absolute Gasteiger partial charge is 0.221 e. The van der Waals surface area contributed by atoms with Gasteiger partial charge in [-0.25, -0.2) is 4.98 Å². The summed E-state index contributed by atoms with van der Waals surface area (Å²) in [6.07, 6.45) is 3.86. The zero-order valence-corrected chi connectivity index (χ0v) is 14.5. The highest BCUT2D eigenvalue weighted by Crippen LogP contribution is 2.33. The Morgan fingerprint density at radius 2 is 1.83 bits per heavy atom. The van der Waals surface area contributed by atoms with E-state index in [1.54, 1.807) is 19.5 Å². The lowest BCUT2D eigenvalue weighted by atomic mass is 10.00. The Kier molecular flexibility index (Phi) is 6.39. The van der Waals surface area contributed by atoms with Gasteiger partial charge in [0, 0.05) is 29.8 Å². The van der Waals surface area contributed by atoms with Crippen LogP contribution in [-0.4, -0.2) is 22.1 Å². The van der Waals surface area contributed by atoms with E-state index in [0.717, 1.165) is 16.5 Å². The third-order valence-electron chi connectivity index (χ3n) is 3.50. The fourth-order valence-electron chi connectivity index (χ4n) is 2.40. The van der Waals surface area contributed by atoms with Crippen LogP contribution in [0.2, 0.25) is 0 Å². The fraction of sp³-hybridized carbons (Fsp3) is 0.133. The number of hydrogen-bond acceptors (Lipinski definition) is 7. The number of benzene rings is 1.